The summed E-state index contributed by atoms with van der Waals surface area (Å²) in [5, 5.41) is 7.09. The fourth-order valence-corrected chi connectivity index (χ4v) is 4.77. The molecule has 12 heteroatoms. The summed E-state index contributed by atoms with van der Waals surface area (Å²) in [5.74, 6) is -2.27. The zero-order valence-electron chi connectivity index (χ0n) is 18.6. The summed E-state index contributed by atoms with van der Waals surface area (Å²) in [6, 6.07) is 1.93. The Morgan fingerprint density at radius 1 is 1.15 bits per heavy atom. The van der Waals surface area contributed by atoms with E-state index in [-0.39, 0.29) is 18.8 Å². The molecule has 6 nitrogen and oxygen atoms in total. The third-order valence-corrected chi connectivity index (χ3v) is 6.79. The number of alkyl halides is 4. The molecule has 0 unspecified atom stereocenters. The van der Waals surface area contributed by atoms with Gasteiger partial charge in [0.1, 0.15) is 21.5 Å². The van der Waals surface area contributed by atoms with Crippen molar-refractivity contribution >= 4 is 26.7 Å². The Balaban J connectivity index is 1.70. The normalized spacial score (nSPS) is 16.6. The van der Waals surface area contributed by atoms with E-state index in [9.17, 15) is 17.6 Å². The lowest BCUT2D eigenvalue weighted by atomic mass is 9.49. The van der Waals surface area contributed by atoms with Crippen LogP contribution in [0.5, 0.6) is 0 Å². The van der Waals surface area contributed by atoms with Gasteiger partial charge in [-0.05, 0) is 31.2 Å². The van der Waals surface area contributed by atoms with Crippen LogP contribution in [0, 0.1) is 19.8 Å². The molecule has 0 aliphatic heterocycles. The SMILES string of the molecule is BC(B)(C1CC(F)(F)C1)n1cc(-c2cnn(C(F)F)c2)c2ncc(-c3c(C)noc3C)cc21. The van der Waals surface area contributed by atoms with E-state index in [2.05, 4.69) is 15.2 Å². The van der Waals surface area contributed by atoms with E-state index in [1.807, 2.05) is 40.2 Å². The Bertz CT molecular complexity index is 1330. The fraction of sp³-hybridized carbons (Fsp3) is 0.381. The minimum Gasteiger partial charge on any atom is -0.361 e. The van der Waals surface area contributed by atoms with Crippen LogP contribution < -0.4 is 0 Å². The largest absolute Gasteiger partial charge is 0.361 e. The number of rotatable bonds is 5. The van der Waals surface area contributed by atoms with Crippen molar-refractivity contribution < 1.29 is 22.1 Å². The number of halogens is 4. The molecule has 170 valence electrons. The molecule has 0 spiro atoms. The molecule has 33 heavy (non-hydrogen) atoms. The van der Waals surface area contributed by atoms with Crippen LogP contribution in [-0.4, -0.2) is 46.1 Å². The summed E-state index contributed by atoms with van der Waals surface area (Å²) in [7, 11) is 3.84. The fourth-order valence-electron chi connectivity index (χ4n) is 4.77. The van der Waals surface area contributed by atoms with Gasteiger partial charge in [-0.15, -0.1) is 0 Å². The molecule has 5 rings (SSSR count). The Kier molecular flexibility index (Phi) is 4.77. The van der Waals surface area contributed by atoms with Crippen molar-refractivity contribution in [3.63, 3.8) is 0 Å². The van der Waals surface area contributed by atoms with E-state index in [0.717, 1.165) is 11.1 Å². The highest BCUT2D eigenvalue weighted by atomic mass is 19.3. The van der Waals surface area contributed by atoms with Gasteiger partial charge in [0.2, 0.25) is 5.92 Å². The number of aromatic nitrogens is 5. The molecule has 4 heterocycles. The smallest absolute Gasteiger partial charge is 0.333 e. The average Bonchev–Trinajstić information content (AvgIpc) is 3.42. The van der Waals surface area contributed by atoms with Gasteiger partial charge in [0.15, 0.2) is 0 Å². The summed E-state index contributed by atoms with van der Waals surface area (Å²) in [5.41, 5.74) is 4.70. The molecule has 4 aromatic rings. The molecule has 4 aromatic heterocycles. The monoisotopic (exact) mass is 457 g/mol. The molecule has 0 saturated heterocycles. The number of nitrogens with zero attached hydrogens (tertiary/aromatic N) is 5. The van der Waals surface area contributed by atoms with E-state index in [4.69, 9.17) is 4.52 Å². The zero-order chi connectivity index (χ0) is 23.7. The molecule has 0 aromatic carbocycles. The maximum absolute atomic E-state index is 13.7. The second-order valence-electron chi connectivity index (χ2n) is 9.31. The number of hydrogen-bond acceptors (Lipinski definition) is 4. The van der Waals surface area contributed by atoms with E-state index < -0.39 is 17.8 Å². The molecule has 1 aliphatic rings. The van der Waals surface area contributed by atoms with Crippen molar-refractivity contribution in [2.24, 2.45) is 5.92 Å². The van der Waals surface area contributed by atoms with Crippen LogP contribution >= 0.6 is 0 Å². The van der Waals surface area contributed by atoms with Gasteiger partial charge in [0.25, 0.3) is 0 Å². The molecule has 0 radical (unpaired) electrons. The zero-order valence-corrected chi connectivity index (χ0v) is 18.6. The second kappa shape index (κ2) is 7.23. The van der Waals surface area contributed by atoms with Gasteiger partial charge in [0, 0.05) is 53.7 Å². The van der Waals surface area contributed by atoms with Crippen LogP contribution in [0.4, 0.5) is 17.6 Å². The maximum atomic E-state index is 13.7. The molecular weight excluding hydrogens is 436 g/mol. The average molecular weight is 457 g/mol. The third-order valence-electron chi connectivity index (χ3n) is 6.79. The lowest BCUT2D eigenvalue weighted by molar-refractivity contribution is -0.120. The molecule has 1 saturated carbocycles. The van der Waals surface area contributed by atoms with Gasteiger partial charge in [0.05, 0.1) is 22.9 Å². The predicted molar refractivity (Wildman–Crippen MR) is 120 cm³/mol. The highest BCUT2D eigenvalue weighted by Gasteiger charge is 2.52. The Labute approximate surface area is 188 Å². The van der Waals surface area contributed by atoms with Crippen LogP contribution in [0.25, 0.3) is 33.3 Å². The standard InChI is InChI=1S/C21H21B2F4N5O/c1-10-17(11(2)33-30-10)12-3-16-18(28-6-12)15(13-7-29-32(8-13)19(24)25)9-31(16)21(22,23)14-4-20(26,27)5-14/h3,6-9,14,19H,4-5,22-23H2,1-2H3. The molecule has 0 bridgehead atoms. The van der Waals surface area contributed by atoms with Gasteiger partial charge >= 0.3 is 6.55 Å². The highest BCUT2D eigenvalue weighted by Crippen LogP contribution is 2.49. The maximum Gasteiger partial charge on any atom is 0.333 e. The number of pyridine rings is 1. The van der Waals surface area contributed by atoms with Crippen LogP contribution in [0.3, 0.4) is 0 Å². The quantitative estimate of drug-likeness (QED) is 0.340. The van der Waals surface area contributed by atoms with Crippen LogP contribution in [0.2, 0.25) is 0 Å². The summed E-state index contributed by atoms with van der Waals surface area (Å²) >= 11 is 0. The summed E-state index contributed by atoms with van der Waals surface area (Å²) < 4.78 is 61.5. The topological polar surface area (TPSA) is 61.7 Å². The molecule has 0 amide bonds. The first-order valence-electron chi connectivity index (χ1n) is 10.6. The number of hydrogen-bond donors (Lipinski definition) is 0. The molecule has 0 atom stereocenters. The van der Waals surface area contributed by atoms with Crippen LogP contribution in [-0.2, 0) is 5.34 Å². The number of fused-ring (bicyclic) bond motifs is 1. The van der Waals surface area contributed by atoms with Crippen molar-refractivity contribution in [2.45, 2.75) is 44.5 Å². The first kappa shape index (κ1) is 21.8. The Hall–Kier alpha value is -3.04. The van der Waals surface area contributed by atoms with Gasteiger partial charge in [-0.2, -0.15) is 13.9 Å². The van der Waals surface area contributed by atoms with Crippen molar-refractivity contribution in [3.05, 3.63) is 42.3 Å². The lowest BCUT2D eigenvalue weighted by Crippen LogP contribution is -2.52. The third kappa shape index (κ3) is 3.46. The van der Waals surface area contributed by atoms with Crippen molar-refractivity contribution in [1.29, 1.82) is 0 Å². The minimum absolute atomic E-state index is 0.199. The van der Waals surface area contributed by atoms with E-state index in [0.29, 0.717) is 38.3 Å². The van der Waals surface area contributed by atoms with E-state index >= 15 is 0 Å². The lowest BCUT2D eigenvalue weighted by Gasteiger charge is -2.46. The van der Waals surface area contributed by atoms with Crippen molar-refractivity contribution in [1.82, 2.24) is 24.5 Å². The molecule has 1 aliphatic carbocycles. The van der Waals surface area contributed by atoms with Gasteiger partial charge < -0.3 is 9.09 Å². The van der Waals surface area contributed by atoms with Gasteiger partial charge in [-0.25, -0.2) is 13.5 Å². The summed E-state index contributed by atoms with van der Waals surface area (Å²) in [6.45, 7) is 0.878. The highest BCUT2D eigenvalue weighted by molar-refractivity contribution is 6.38. The first-order chi connectivity index (χ1) is 15.5. The first-order valence-corrected chi connectivity index (χ1v) is 10.6. The Morgan fingerprint density at radius 3 is 2.45 bits per heavy atom. The van der Waals surface area contributed by atoms with Crippen molar-refractivity contribution in [2.75, 3.05) is 0 Å². The predicted octanol–water partition coefficient (Wildman–Crippen LogP) is 3.49. The summed E-state index contributed by atoms with van der Waals surface area (Å²) in [6.07, 6.45) is 5.71. The van der Waals surface area contributed by atoms with Crippen LogP contribution in [0.15, 0.2) is 35.4 Å². The number of aryl methyl sites for hydroxylation is 2. The summed E-state index contributed by atoms with van der Waals surface area (Å²) in [4.78, 5) is 4.65. The van der Waals surface area contributed by atoms with Crippen LogP contribution in [0.1, 0.15) is 30.8 Å². The van der Waals surface area contributed by atoms with Gasteiger partial charge in [-0.1, -0.05) is 5.16 Å². The Morgan fingerprint density at radius 2 is 1.88 bits per heavy atom. The van der Waals surface area contributed by atoms with Crippen molar-refractivity contribution in [3.8, 4) is 22.3 Å². The van der Waals surface area contributed by atoms with E-state index in [1.165, 1.54) is 12.4 Å². The molecule has 1 fully saturated rings. The molecule has 0 N–H and O–H groups in total. The van der Waals surface area contributed by atoms with Gasteiger partial charge in [-0.3, -0.25) is 4.98 Å². The van der Waals surface area contributed by atoms with E-state index in [1.54, 1.807) is 12.4 Å². The second-order valence-corrected chi connectivity index (χ2v) is 9.31. The minimum atomic E-state index is -2.76. The molecular formula is C21H21B2F4N5O.